The van der Waals surface area contributed by atoms with Crippen LogP contribution in [0.1, 0.15) is 16.6 Å². The molecule has 7 nitrogen and oxygen atoms in total. The minimum absolute atomic E-state index is 0.0585. The first-order valence-electron chi connectivity index (χ1n) is 6.57. The Hall–Kier alpha value is -2.30. The third kappa shape index (κ3) is 4.85. The molecule has 0 aliphatic heterocycles. The monoisotopic (exact) mass is 383 g/mol. The molecule has 0 saturated heterocycles. The second kappa shape index (κ2) is 7.51. The number of carbonyl (C=O) groups is 2. The Morgan fingerprint density at radius 1 is 1.12 bits per heavy atom. The molecule has 0 saturated carbocycles. The molecule has 2 amide bonds. The molecule has 0 atom stereocenters. The number of rotatable bonds is 4. The Morgan fingerprint density at radius 3 is 2.33 bits per heavy atom. The number of thiophene rings is 1. The molecule has 126 valence electrons. The van der Waals surface area contributed by atoms with Gasteiger partial charge in [-0.3, -0.25) is 14.9 Å². The SMILES string of the molecule is CC(=O)NS(=O)(=O)c1ccc(NC(=S)NC(=O)c2cccs2)cc1. The highest BCUT2D eigenvalue weighted by atomic mass is 32.2. The zero-order chi connectivity index (χ0) is 17.7. The van der Waals surface area contributed by atoms with Gasteiger partial charge >= 0.3 is 0 Å². The largest absolute Gasteiger partial charge is 0.332 e. The summed E-state index contributed by atoms with van der Waals surface area (Å²) in [5, 5.41) is 7.16. The number of sulfonamides is 1. The van der Waals surface area contributed by atoms with Crippen LogP contribution in [-0.4, -0.2) is 25.3 Å². The molecule has 0 unspecified atom stereocenters. The molecule has 1 aromatic carbocycles. The van der Waals surface area contributed by atoms with Crippen LogP contribution in [0.3, 0.4) is 0 Å². The normalized spacial score (nSPS) is 10.7. The highest BCUT2D eigenvalue weighted by Gasteiger charge is 2.15. The first-order valence-corrected chi connectivity index (χ1v) is 9.34. The first kappa shape index (κ1) is 18.0. The van der Waals surface area contributed by atoms with E-state index in [-0.39, 0.29) is 15.9 Å². The van der Waals surface area contributed by atoms with Crippen LogP contribution in [0.15, 0.2) is 46.7 Å². The molecule has 0 bridgehead atoms. The van der Waals surface area contributed by atoms with Crippen molar-refractivity contribution in [3.05, 3.63) is 46.7 Å². The molecule has 0 spiro atoms. The number of benzene rings is 1. The van der Waals surface area contributed by atoms with Gasteiger partial charge in [-0.15, -0.1) is 11.3 Å². The van der Waals surface area contributed by atoms with E-state index in [0.29, 0.717) is 10.6 Å². The van der Waals surface area contributed by atoms with Crippen molar-refractivity contribution >= 4 is 56.2 Å². The van der Waals surface area contributed by atoms with Crippen LogP contribution in [-0.2, 0) is 14.8 Å². The number of thiocarbonyl (C=S) groups is 1. The molecule has 1 aromatic heterocycles. The lowest BCUT2D eigenvalue weighted by Crippen LogP contribution is -2.33. The number of hydrogen-bond donors (Lipinski definition) is 3. The molecule has 3 N–H and O–H groups in total. The van der Waals surface area contributed by atoms with Crippen molar-refractivity contribution in [2.75, 3.05) is 5.32 Å². The zero-order valence-corrected chi connectivity index (χ0v) is 14.8. The Kier molecular flexibility index (Phi) is 5.65. The van der Waals surface area contributed by atoms with Gasteiger partial charge in [-0.05, 0) is 47.9 Å². The van der Waals surface area contributed by atoms with Gasteiger partial charge in [0.2, 0.25) is 5.91 Å². The Morgan fingerprint density at radius 2 is 1.79 bits per heavy atom. The van der Waals surface area contributed by atoms with Gasteiger partial charge < -0.3 is 5.32 Å². The molecule has 2 rings (SSSR count). The number of carbonyl (C=O) groups excluding carboxylic acids is 2. The van der Waals surface area contributed by atoms with Crippen molar-refractivity contribution in [2.24, 2.45) is 0 Å². The predicted molar refractivity (Wildman–Crippen MR) is 95.5 cm³/mol. The molecule has 24 heavy (non-hydrogen) atoms. The molecule has 0 fully saturated rings. The zero-order valence-electron chi connectivity index (χ0n) is 12.4. The Labute approximate surface area is 148 Å². The van der Waals surface area contributed by atoms with E-state index in [2.05, 4.69) is 10.6 Å². The van der Waals surface area contributed by atoms with E-state index < -0.39 is 15.9 Å². The van der Waals surface area contributed by atoms with Crippen LogP contribution in [0.4, 0.5) is 5.69 Å². The van der Waals surface area contributed by atoms with Gasteiger partial charge in [0, 0.05) is 12.6 Å². The summed E-state index contributed by atoms with van der Waals surface area (Å²) in [4.78, 5) is 23.2. The maximum Gasteiger partial charge on any atom is 0.267 e. The molecule has 0 aliphatic rings. The van der Waals surface area contributed by atoms with Crippen LogP contribution < -0.4 is 15.4 Å². The number of amides is 2. The summed E-state index contributed by atoms with van der Waals surface area (Å²) in [6.45, 7) is 1.11. The van der Waals surface area contributed by atoms with E-state index in [1.54, 1.807) is 17.5 Å². The fourth-order valence-corrected chi connectivity index (χ4v) is 3.52. The van der Waals surface area contributed by atoms with Gasteiger partial charge in [0.15, 0.2) is 5.11 Å². The highest BCUT2D eigenvalue weighted by Crippen LogP contribution is 2.14. The fraction of sp³-hybridized carbons (Fsp3) is 0.0714. The summed E-state index contributed by atoms with van der Waals surface area (Å²) in [5.41, 5.74) is 0.494. The van der Waals surface area contributed by atoms with Gasteiger partial charge in [0.1, 0.15) is 0 Å². The third-order valence-electron chi connectivity index (χ3n) is 2.67. The number of hydrogen-bond acceptors (Lipinski definition) is 6. The van der Waals surface area contributed by atoms with E-state index in [1.165, 1.54) is 35.6 Å². The standard InChI is InChI=1S/C14H13N3O4S3/c1-9(18)17-24(20,21)11-6-4-10(5-7-11)15-14(22)16-13(19)12-3-2-8-23-12/h2-8H,1H3,(H,17,18)(H2,15,16,19,22). The number of nitrogens with one attached hydrogen (secondary N) is 3. The van der Waals surface area contributed by atoms with Crippen LogP contribution in [0.25, 0.3) is 0 Å². The summed E-state index contributed by atoms with van der Waals surface area (Å²) in [5.74, 6) is -0.998. The first-order chi connectivity index (χ1) is 11.3. The number of anilines is 1. The van der Waals surface area contributed by atoms with Crippen molar-refractivity contribution in [2.45, 2.75) is 11.8 Å². The summed E-state index contributed by atoms with van der Waals surface area (Å²) < 4.78 is 25.5. The lowest BCUT2D eigenvalue weighted by atomic mass is 10.3. The van der Waals surface area contributed by atoms with Crippen LogP contribution in [0.2, 0.25) is 0 Å². The van der Waals surface area contributed by atoms with E-state index in [0.717, 1.165) is 6.92 Å². The minimum Gasteiger partial charge on any atom is -0.332 e. The van der Waals surface area contributed by atoms with Crippen LogP contribution in [0.5, 0.6) is 0 Å². The van der Waals surface area contributed by atoms with E-state index in [9.17, 15) is 18.0 Å². The molecular formula is C14H13N3O4S3. The fourth-order valence-electron chi connectivity index (χ4n) is 1.70. The quantitative estimate of drug-likeness (QED) is 0.694. The summed E-state index contributed by atoms with van der Waals surface area (Å²) in [7, 11) is -3.88. The maximum atomic E-state index is 11.8. The van der Waals surface area contributed by atoms with E-state index in [4.69, 9.17) is 12.2 Å². The van der Waals surface area contributed by atoms with Gasteiger partial charge in [0.05, 0.1) is 9.77 Å². The van der Waals surface area contributed by atoms with Gasteiger partial charge in [-0.2, -0.15) is 0 Å². The predicted octanol–water partition coefficient (Wildman–Crippen LogP) is 1.70. The molecular weight excluding hydrogens is 370 g/mol. The lowest BCUT2D eigenvalue weighted by Gasteiger charge is -2.10. The maximum absolute atomic E-state index is 11.8. The lowest BCUT2D eigenvalue weighted by molar-refractivity contribution is -0.117. The van der Waals surface area contributed by atoms with E-state index in [1.807, 2.05) is 4.72 Å². The van der Waals surface area contributed by atoms with Crippen molar-refractivity contribution in [1.82, 2.24) is 10.0 Å². The van der Waals surface area contributed by atoms with Gasteiger partial charge in [-0.25, -0.2) is 13.1 Å². The van der Waals surface area contributed by atoms with Crippen LogP contribution >= 0.6 is 23.6 Å². The molecule has 1 heterocycles. The second-order valence-corrected chi connectivity index (χ2v) is 7.61. The van der Waals surface area contributed by atoms with Crippen LogP contribution in [0, 0.1) is 0 Å². The molecule has 2 aromatic rings. The van der Waals surface area contributed by atoms with Crippen molar-refractivity contribution in [3.63, 3.8) is 0 Å². The van der Waals surface area contributed by atoms with E-state index >= 15 is 0 Å². The molecule has 0 aliphatic carbocycles. The third-order valence-corrected chi connectivity index (χ3v) is 5.19. The Balaban J connectivity index is 2.00. The van der Waals surface area contributed by atoms with Crippen molar-refractivity contribution in [3.8, 4) is 0 Å². The highest BCUT2D eigenvalue weighted by molar-refractivity contribution is 7.90. The van der Waals surface area contributed by atoms with Crippen molar-refractivity contribution < 1.29 is 18.0 Å². The minimum atomic E-state index is -3.88. The summed E-state index contributed by atoms with van der Waals surface area (Å²) >= 11 is 6.32. The second-order valence-electron chi connectivity index (χ2n) is 4.57. The summed E-state index contributed by atoms with van der Waals surface area (Å²) in [6.07, 6.45) is 0. The molecule has 10 heteroatoms. The topological polar surface area (TPSA) is 104 Å². The van der Waals surface area contributed by atoms with Crippen molar-refractivity contribution in [1.29, 1.82) is 0 Å². The average molecular weight is 383 g/mol. The molecule has 0 radical (unpaired) electrons. The Bertz CT molecular complexity index is 859. The summed E-state index contributed by atoms with van der Waals surface area (Å²) in [6, 6.07) is 9.00. The van der Waals surface area contributed by atoms with Gasteiger partial charge in [-0.1, -0.05) is 6.07 Å². The smallest absolute Gasteiger partial charge is 0.267 e. The average Bonchev–Trinajstić information content (AvgIpc) is 3.00. The van der Waals surface area contributed by atoms with Gasteiger partial charge in [0.25, 0.3) is 15.9 Å².